The van der Waals surface area contributed by atoms with Gasteiger partial charge in [-0.2, -0.15) is 0 Å². The van der Waals surface area contributed by atoms with Crippen molar-refractivity contribution in [3.63, 3.8) is 0 Å². The first kappa shape index (κ1) is 15.5. The molecular weight excluding hydrogens is 294 g/mol. The maximum atomic E-state index is 12.3. The fourth-order valence-corrected chi connectivity index (χ4v) is 3.03. The standard InChI is InChI=1S/C14H15NO5S/c1-15-11(21(2)20)7-6-8(14(15)19)13(18)12-9(16)4-3-5-10(12)17/h6-7,16H,3-5H2,1-2H3. The number of rotatable bonds is 3. The van der Waals surface area contributed by atoms with Crippen LogP contribution in [0.5, 0.6) is 0 Å². The molecule has 1 atom stereocenters. The number of Topliss-reactive ketones (excluding diaryl/α,β-unsaturated/α-hetero) is 2. The number of ketones is 2. The molecule has 0 aromatic carbocycles. The molecule has 0 bridgehead atoms. The molecule has 1 aliphatic rings. The Kier molecular flexibility index (Phi) is 4.34. The van der Waals surface area contributed by atoms with Crippen molar-refractivity contribution in [3.05, 3.63) is 39.4 Å². The Morgan fingerprint density at radius 3 is 2.57 bits per heavy atom. The fourth-order valence-electron chi connectivity index (χ4n) is 2.30. The number of aliphatic hydroxyl groups is 1. The first-order chi connectivity index (χ1) is 9.84. The highest BCUT2D eigenvalue weighted by molar-refractivity contribution is 7.90. The molecule has 1 aromatic heterocycles. The fraction of sp³-hybridized carbons (Fsp3) is 0.357. The highest BCUT2D eigenvalue weighted by atomic mass is 32.2. The second kappa shape index (κ2) is 5.87. The molecule has 0 aliphatic heterocycles. The Morgan fingerprint density at radius 2 is 2.00 bits per heavy atom. The van der Waals surface area contributed by atoms with Crippen LogP contribution in [-0.2, 0) is 23.0 Å². The molecule has 0 fully saturated rings. The van der Waals surface area contributed by atoms with E-state index in [4.69, 9.17) is 0 Å². The first-order valence-corrected chi connectivity index (χ1v) is 7.94. The largest absolute Gasteiger partial charge is 0.610 e. The summed E-state index contributed by atoms with van der Waals surface area (Å²) in [6.07, 6.45) is 2.36. The van der Waals surface area contributed by atoms with Crippen molar-refractivity contribution in [1.82, 2.24) is 4.57 Å². The summed E-state index contributed by atoms with van der Waals surface area (Å²) in [4.78, 5) is 36.3. The topological polar surface area (TPSA) is 99.4 Å². The molecule has 21 heavy (non-hydrogen) atoms. The molecule has 1 unspecified atom stereocenters. The third kappa shape index (κ3) is 2.79. The zero-order valence-corrected chi connectivity index (χ0v) is 12.5. The lowest BCUT2D eigenvalue weighted by Crippen LogP contribution is -2.30. The Morgan fingerprint density at radius 1 is 1.33 bits per heavy atom. The summed E-state index contributed by atoms with van der Waals surface area (Å²) in [7, 11) is 1.41. The molecule has 6 nitrogen and oxygen atoms in total. The lowest BCUT2D eigenvalue weighted by atomic mass is 9.91. The molecule has 2 rings (SSSR count). The maximum Gasteiger partial charge on any atom is 0.265 e. The van der Waals surface area contributed by atoms with E-state index in [2.05, 4.69) is 0 Å². The zero-order valence-electron chi connectivity index (χ0n) is 11.7. The number of nitrogens with zero attached hydrogens (tertiary/aromatic N) is 1. The molecule has 1 heterocycles. The van der Waals surface area contributed by atoms with E-state index in [-0.39, 0.29) is 34.8 Å². The van der Waals surface area contributed by atoms with Gasteiger partial charge in [0.2, 0.25) is 10.8 Å². The van der Waals surface area contributed by atoms with Crippen LogP contribution in [0.25, 0.3) is 0 Å². The minimum Gasteiger partial charge on any atom is -0.610 e. The van der Waals surface area contributed by atoms with Crippen LogP contribution in [0, 0.1) is 0 Å². The van der Waals surface area contributed by atoms with Crippen molar-refractivity contribution in [1.29, 1.82) is 0 Å². The summed E-state index contributed by atoms with van der Waals surface area (Å²) in [5, 5.41) is 10.0. The van der Waals surface area contributed by atoms with Gasteiger partial charge in [0, 0.05) is 37.1 Å². The highest BCUT2D eigenvalue weighted by Gasteiger charge is 2.29. The van der Waals surface area contributed by atoms with Crippen LogP contribution in [0.1, 0.15) is 29.6 Å². The number of aromatic nitrogens is 1. The summed E-state index contributed by atoms with van der Waals surface area (Å²) < 4.78 is 12.6. The van der Waals surface area contributed by atoms with E-state index in [1.807, 2.05) is 0 Å². The minimum atomic E-state index is -1.37. The van der Waals surface area contributed by atoms with Crippen LogP contribution in [0.2, 0.25) is 0 Å². The van der Waals surface area contributed by atoms with Gasteiger partial charge in [-0.05, 0) is 12.5 Å². The molecule has 0 saturated carbocycles. The van der Waals surface area contributed by atoms with Gasteiger partial charge in [-0.15, -0.1) is 0 Å². The van der Waals surface area contributed by atoms with E-state index in [0.29, 0.717) is 6.42 Å². The summed E-state index contributed by atoms with van der Waals surface area (Å²) in [6, 6.07) is 2.67. The Balaban J connectivity index is 2.53. The molecule has 0 spiro atoms. The molecule has 0 amide bonds. The Hall–Kier alpha value is -1.86. The van der Waals surface area contributed by atoms with Crippen LogP contribution in [0.4, 0.5) is 0 Å². The number of aliphatic hydroxyl groups excluding tert-OH is 1. The lowest BCUT2D eigenvalue weighted by molar-refractivity contribution is -0.116. The van der Waals surface area contributed by atoms with Crippen LogP contribution in [0.3, 0.4) is 0 Å². The van der Waals surface area contributed by atoms with Gasteiger partial charge in [0.15, 0.2) is 5.78 Å². The van der Waals surface area contributed by atoms with Crippen LogP contribution in [0.15, 0.2) is 33.3 Å². The normalized spacial score (nSPS) is 17.0. The second-order valence-electron chi connectivity index (χ2n) is 4.83. The van der Waals surface area contributed by atoms with Crippen LogP contribution < -0.4 is 5.56 Å². The average Bonchev–Trinajstić information content (AvgIpc) is 2.41. The van der Waals surface area contributed by atoms with Gasteiger partial charge >= 0.3 is 0 Å². The van der Waals surface area contributed by atoms with Gasteiger partial charge in [-0.25, -0.2) is 0 Å². The van der Waals surface area contributed by atoms with Crippen LogP contribution in [-0.4, -0.2) is 32.0 Å². The highest BCUT2D eigenvalue weighted by Crippen LogP contribution is 2.22. The predicted molar refractivity (Wildman–Crippen MR) is 76.9 cm³/mol. The molecule has 1 aliphatic carbocycles. The minimum absolute atomic E-state index is 0.183. The van der Waals surface area contributed by atoms with Gasteiger partial charge in [0.25, 0.3) is 5.56 Å². The van der Waals surface area contributed by atoms with E-state index in [9.17, 15) is 24.0 Å². The molecular formula is C14H15NO5S. The monoisotopic (exact) mass is 309 g/mol. The number of pyridine rings is 1. The van der Waals surface area contributed by atoms with E-state index in [1.165, 1.54) is 25.4 Å². The number of carbonyl (C=O) groups excluding carboxylic acids is 2. The maximum absolute atomic E-state index is 12.3. The summed E-state index contributed by atoms with van der Waals surface area (Å²) in [5.41, 5.74) is -1.14. The summed E-state index contributed by atoms with van der Waals surface area (Å²) >= 11 is -1.37. The summed E-state index contributed by atoms with van der Waals surface area (Å²) in [6.45, 7) is 0. The second-order valence-corrected chi connectivity index (χ2v) is 6.16. The van der Waals surface area contributed by atoms with Gasteiger partial charge in [-0.1, -0.05) is 0 Å². The van der Waals surface area contributed by atoms with Gasteiger partial charge in [-0.3, -0.25) is 19.0 Å². The smallest absolute Gasteiger partial charge is 0.265 e. The van der Waals surface area contributed by atoms with Gasteiger partial charge in [0.05, 0.1) is 5.56 Å². The molecule has 0 saturated heterocycles. The quantitative estimate of drug-likeness (QED) is 0.507. The number of hydrogen-bond donors (Lipinski definition) is 1. The third-order valence-corrected chi connectivity index (χ3v) is 4.41. The third-order valence-electron chi connectivity index (χ3n) is 3.41. The van der Waals surface area contributed by atoms with E-state index >= 15 is 0 Å². The van der Waals surface area contributed by atoms with Crippen LogP contribution >= 0.6 is 0 Å². The van der Waals surface area contributed by atoms with Crippen molar-refractivity contribution >= 4 is 22.7 Å². The van der Waals surface area contributed by atoms with Gasteiger partial charge < -0.3 is 9.66 Å². The number of carbonyl (C=O) groups is 2. The van der Waals surface area contributed by atoms with E-state index < -0.39 is 28.3 Å². The first-order valence-electron chi connectivity index (χ1n) is 6.38. The molecule has 1 N–H and O–H groups in total. The molecule has 0 radical (unpaired) electrons. The number of allylic oxidation sites excluding steroid dienone is 2. The molecule has 112 valence electrons. The van der Waals surface area contributed by atoms with Crippen molar-refractivity contribution < 1.29 is 19.2 Å². The Labute approximate surface area is 124 Å². The Bertz CT molecular complexity index is 702. The van der Waals surface area contributed by atoms with Crippen molar-refractivity contribution in [2.24, 2.45) is 7.05 Å². The van der Waals surface area contributed by atoms with Crippen molar-refractivity contribution in [2.45, 2.75) is 24.3 Å². The number of hydrogen-bond acceptors (Lipinski definition) is 5. The average molecular weight is 309 g/mol. The van der Waals surface area contributed by atoms with E-state index in [0.717, 1.165) is 4.57 Å². The van der Waals surface area contributed by atoms with Crippen molar-refractivity contribution in [2.75, 3.05) is 6.26 Å². The van der Waals surface area contributed by atoms with Gasteiger partial charge in [0.1, 0.15) is 17.6 Å². The zero-order chi connectivity index (χ0) is 15.7. The molecule has 7 heteroatoms. The summed E-state index contributed by atoms with van der Waals surface area (Å²) in [5.74, 6) is -1.48. The lowest BCUT2D eigenvalue weighted by Gasteiger charge is -2.15. The van der Waals surface area contributed by atoms with Crippen molar-refractivity contribution in [3.8, 4) is 0 Å². The SMILES string of the molecule is Cn1c([S+](C)[O-])ccc(C(=O)C2=C(O)CCCC2=O)c1=O. The predicted octanol–water partition coefficient (Wildman–Crippen LogP) is 0.871. The molecule has 1 aromatic rings. The van der Waals surface area contributed by atoms with E-state index in [1.54, 1.807) is 0 Å².